The van der Waals surface area contributed by atoms with Crippen molar-refractivity contribution in [3.05, 3.63) is 15.4 Å². The van der Waals surface area contributed by atoms with Gasteiger partial charge in [0.05, 0.1) is 11.6 Å². The van der Waals surface area contributed by atoms with Crippen molar-refractivity contribution < 1.29 is 4.74 Å². The highest BCUT2D eigenvalue weighted by atomic mass is 79.9. The van der Waals surface area contributed by atoms with Crippen molar-refractivity contribution in [3.63, 3.8) is 0 Å². The molecule has 1 aromatic rings. The molecular weight excluding hydrogens is 238 g/mol. The minimum Gasteiger partial charge on any atom is -0.486 e. The van der Waals surface area contributed by atoms with E-state index in [0.717, 1.165) is 16.1 Å². The summed E-state index contributed by atoms with van der Waals surface area (Å²) in [6.07, 6.45) is 1.25. The van der Waals surface area contributed by atoms with Crippen LogP contribution in [0.5, 0.6) is 5.06 Å². The highest BCUT2D eigenvalue weighted by Gasteiger charge is 2.21. The number of hydrogen-bond acceptors (Lipinski definition) is 3. The normalized spacial score (nSPS) is 22.0. The quantitative estimate of drug-likeness (QED) is 0.868. The first-order valence-corrected chi connectivity index (χ1v) is 5.49. The molecule has 1 fully saturated rings. The minimum atomic E-state index is 0.565. The molecule has 1 N–H and O–H groups in total. The molecule has 0 saturated carbocycles. The Labute approximate surface area is 84.1 Å². The van der Waals surface area contributed by atoms with Crippen LogP contribution in [0.2, 0.25) is 0 Å². The van der Waals surface area contributed by atoms with E-state index in [1.165, 1.54) is 11.3 Å². The second-order valence-corrected chi connectivity index (χ2v) is 4.68. The Kier molecular flexibility index (Phi) is 2.39. The maximum atomic E-state index is 5.19. The monoisotopic (exact) mass is 247 g/mol. The van der Waals surface area contributed by atoms with Crippen LogP contribution < -0.4 is 10.1 Å². The number of thiophene rings is 1. The molecule has 1 saturated heterocycles. The van der Waals surface area contributed by atoms with E-state index in [0.29, 0.717) is 6.04 Å². The van der Waals surface area contributed by atoms with E-state index in [2.05, 4.69) is 27.3 Å². The second kappa shape index (κ2) is 3.36. The molecule has 66 valence electrons. The van der Waals surface area contributed by atoms with E-state index in [1.807, 2.05) is 0 Å². The Morgan fingerprint density at radius 1 is 1.75 bits per heavy atom. The van der Waals surface area contributed by atoms with Gasteiger partial charge in [0.15, 0.2) is 5.06 Å². The van der Waals surface area contributed by atoms with Gasteiger partial charge in [-0.25, -0.2) is 0 Å². The molecule has 1 aliphatic rings. The molecule has 2 rings (SSSR count). The molecule has 0 bridgehead atoms. The summed E-state index contributed by atoms with van der Waals surface area (Å²) in [4.78, 5) is 1.37. The molecule has 12 heavy (non-hydrogen) atoms. The van der Waals surface area contributed by atoms with E-state index in [-0.39, 0.29) is 0 Å². The van der Waals surface area contributed by atoms with E-state index >= 15 is 0 Å². The van der Waals surface area contributed by atoms with Crippen LogP contribution in [-0.4, -0.2) is 13.7 Å². The van der Waals surface area contributed by atoms with Gasteiger partial charge in [0.25, 0.3) is 0 Å². The second-order valence-electron chi connectivity index (χ2n) is 2.78. The fraction of sp³-hybridized carbons (Fsp3) is 0.500. The van der Waals surface area contributed by atoms with Crippen LogP contribution in [0.1, 0.15) is 17.3 Å². The van der Waals surface area contributed by atoms with Crippen LogP contribution in [-0.2, 0) is 0 Å². The summed E-state index contributed by atoms with van der Waals surface area (Å²) in [5.74, 6) is 0. The lowest BCUT2D eigenvalue weighted by Crippen LogP contribution is -2.34. The zero-order chi connectivity index (χ0) is 8.55. The van der Waals surface area contributed by atoms with Gasteiger partial charge >= 0.3 is 0 Å². The first-order valence-electron chi connectivity index (χ1n) is 3.88. The molecule has 2 nitrogen and oxygen atoms in total. The maximum absolute atomic E-state index is 5.19. The molecule has 2 heterocycles. The first-order chi connectivity index (χ1) is 5.81. The van der Waals surface area contributed by atoms with E-state index in [9.17, 15) is 0 Å². The van der Waals surface area contributed by atoms with Crippen LogP contribution >= 0.6 is 27.3 Å². The largest absolute Gasteiger partial charge is 0.486 e. The average molecular weight is 248 g/mol. The lowest BCUT2D eigenvalue weighted by atomic mass is 10.1. The Bertz CT molecular complexity index is 283. The molecule has 0 aromatic carbocycles. The summed E-state index contributed by atoms with van der Waals surface area (Å²) in [5.41, 5.74) is 0. The standard InChI is InChI=1S/C8H10BrNOS/c1-11-8-5(9)4-7(12-8)6-2-3-10-6/h4,6,10H,2-3H2,1H3. The van der Waals surface area contributed by atoms with Crippen LogP contribution in [0.15, 0.2) is 10.5 Å². The predicted molar refractivity (Wildman–Crippen MR) is 53.9 cm³/mol. The molecular formula is C8H10BrNOS. The van der Waals surface area contributed by atoms with Crippen molar-refractivity contribution in [2.75, 3.05) is 13.7 Å². The van der Waals surface area contributed by atoms with Crippen molar-refractivity contribution in [2.24, 2.45) is 0 Å². The van der Waals surface area contributed by atoms with Gasteiger partial charge in [-0.2, -0.15) is 0 Å². The van der Waals surface area contributed by atoms with Crippen LogP contribution in [0, 0.1) is 0 Å². The molecule has 1 atom stereocenters. The smallest absolute Gasteiger partial charge is 0.188 e. The predicted octanol–water partition coefficient (Wildman–Crippen LogP) is 2.55. The molecule has 1 aromatic heterocycles. The molecule has 0 spiro atoms. The molecule has 0 radical (unpaired) electrons. The Hall–Kier alpha value is -0.0600. The fourth-order valence-corrected chi connectivity index (χ4v) is 2.99. The summed E-state index contributed by atoms with van der Waals surface area (Å²) in [6, 6.07) is 2.70. The number of hydrogen-bond donors (Lipinski definition) is 1. The van der Waals surface area contributed by atoms with Gasteiger partial charge in [-0.05, 0) is 35.0 Å². The topological polar surface area (TPSA) is 21.3 Å². The van der Waals surface area contributed by atoms with Gasteiger partial charge in [-0.3, -0.25) is 0 Å². The Balaban J connectivity index is 2.21. The Morgan fingerprint density at radius 2 is 2.50 bits per heavy atom. The van der Waals surface area contributed by atoms with Crippen LogP contribution in [0.25, 0.3) is 0 Å². The number of halogens is 1. The zero-order valence-electron chi connectivity index (χ0n) is 6.76. The zero-order valence-corrected chi connectivity index (χ0v) is 9.17. The number of ether oxygens (including phenoxy) is 1. The molecule has 1 aliphatic heterocycles. The van der Waals surface area contributed by atoms with E-state index in [1.54, 1.807) is 18.4 Å². The summed E-state index contributed by atoms with van der Waals surface area (Å²) < 4.78 is 6.26. The van der Waals surface area contributed by atoms with E-state index in [4.69, 9.17) is 4.74 Å². The van der Waals surface area contributed by atoms with Crippen LogP contribution in [0.3, 0.4) is 0 Å². The maximum Gasteiger partial charge on any atom is 0.188 e. The van der Waals surface area contributed by atoms with Crippen molar-refractivity contribution in [2.45, 2.75) is 12.5 Å². The van der Waals surface area contributed by atoms with Gasteiger partial charge < -0.3 is 10.1 Å². The molecule has 1 unspecified atom stereocenters. The number of nitrogens with one attached hydrogen (secondary N) is 1. The lowest BCUT2D eigenvalue weighted by molar-refractivity contribution is 0.389. The third-order valence-electron chi connectivity index (χ3n) is 2.03. The third-order valence-corrected chi connectivity index (χ3v) is 4.09. The summed E-state index contributed by atoms with van der Waals surface area (Å²) in [6.45, 7) is 1.14. The van der Waals surface area contributed by atoms with Crippen molar-refractivity contribution in [3.8, 4) is 5.06 Å². The van der Waals surface area contributed by atoms with Gasteiger partial charge in [0.2, 0.25) is 0 Å². The molecule has 0 amide bonds. The SMILES string of the molecule is COc1sc(C2CCN2)cc1Br. The van der Waals surface area contributed by atoms with Gasteiger partial charge in [0, 0.05) is 10.9 Å². The average Bonchev–Trinajstić information content (AvgIpc) is 2.27. The Morgan fingerprint density at radius 3 is 2.92 bits per heavy atom. The van der Waals surface area contributed by atoms with Crippen molar-refractivity contribution in [1.29, 1.82) is 0 Å². The van der Waals surface area contributed by atoms with Gasteiger partial charge in [0.1, 0.15) is 0 Å². The lowest BCUT2D eigenvalue weighted by Gasteiger charge is -2.26. The minimum absolute atomic E-state index is 0.565. The summed E-state index contributed by atoms with van der Waals surface area (Å²) >= 11 is 5.17. The third kappa shape index (κ3) is 1.39. The fourth-order valence-electron chi connectivity index (χ4n) is 1.21. The molecule has 0 aliphatic carbocycles. The number of rotatable bonds is 2. The van der Waals surface area contributed by atoms with Gasteiger partial charge in [-0.15, -0.1) is 11.3 Å². The van der Waals surface area contributed by atoms with Crippen molar-refractivity contribution >= 4 is 27.3 Å². The van der Waals surface area contributed by atoms with Gasteiger partial charge in [-0.1, -0.05) is 0 Å². The van der Waals surface area contributed by atoms with E-state index < -0.39 is 0 Å². The van der Waals surface area contributed by atoms with Crippen LogP contribution in [0.4, 0.5) is 0 Å². The highest BCUT2D eigenvalue weighted by molar-refractivity contribution is 9.10. The highest BCUT2D eigenvalue weighted by Crippen LogP contribution is 2.39. The molecule has 4 heteroatoms. The van der Waals surface area contributed by atoms with Crippen molar-refractivity contribution in [1.82, 2.24) is 5.32 Å². The number of methoxy groups -OCH3 is 1. The first kappa shape index (κ1) is 8.53. The summed E-state index contributed by atoms with van der Waals surface area (Å²) in [7, 11) is 1.70. The summed E-state index contributed by atoms with van der Waals surface area (Å²) in [5, 5.41) is 4.33.